The fraction of sp³-hybridized carbons (Fsp3) is 0.214. The Hall–Kier alpha value is -2.41. The molecule has 0 spiro atoms. The van der Waals surface area contributed by atoms with Gasteiger partial charge >= 0.3 is 5.97 Å². The fourth-order valence-corrected chi connectivity index (χ4v) is 2.64. The van der Waals surface area contributed by atoms with Crippen molar-refractivity contribution in [3.05, 3.63) is 46.5 Å². The van der Waals surface area contributed by atoms with Gasteiger partial charge in [-0.25, -0.2) is 9.78 Å². The second kappa shape index (κ2) is 6.36. The molecule has 0 fully saturated rings. The molecule has 1 unspecified atom stereocenters. The van der Waals surface area contributed by atoms with Crippen molar-refractivity contribution in [2.24, 2.45) is 0 Å². The van der Waals surface area contributed by atoms with Crippen LogP contribution in [0.4, 0.5) is 5.13 Å². The highest BCUT2D eigenvalue weighted by Crippen LogP contribution is 2.19. The zero-order chi connectivity index (χ0) is 15.4. The van der Waals surface area contributed by atoms with Gasteiger partial charge in [-0.1, -0.05) is 41.7 Å². The van der Waals surface area contributed by atoms with Crippen LogP contribution < -0.4 is 11.1 Å². The summed E-state index contributed by atoms with van der Waals surface area (Å²) in [5, 5.41) is 12.0. The van der Waals surface area contributed by atoms with E-state index in [1.54, 1.807) is 6.92 Å². The molecule has 1 aromatic heterocycles. The summed E-state index contributed by atoms with van der Waals surface area (Å²) in [6, 6.07) is 8.13. The van der Waals surface area contributed by atoms with Crippen LogP contribution in [0.1, 0.15) is 20.9 Å². The highest BCUT2D eigenvalue weighted by Gasteiger charge is 2.23. The molecule has 0 aliphatic heterocycles. The van der Waals surface area contributed by atoms with E-state index in [2.05, 4.69) is 10.3 Å². The molecule has 7 heteroatoms. The Bertz CT molecular complexity index is 655. The van der Waals surface area contributed by atoms with Gasteiger partial charge in [0.15, 0.2) is 5.13 Å². The fourth-order valence-electron chi connectivity index (χ4n) is 1.90. The van der Waals surface area contributed by atoms with Crippen molar-refractivity contribution in [3.63, 3.8) is 0 Å². The van der Waals surface area contributed by atoms with Crippen molar-refractivity contribution in [2.45, 2.75) is 19.4 Å². The first kappa shape index (κ1) is 15.0. The lowest BCUT2D eigenvalue weighted by Gasteiger charge is -2.14. The Morgan fingerprint density at radius 2 is 2.05 bits per heavy atom. The SMILES string of the molecule is Cc1nc(N)sc1C(=O)NC(Cc1ccccc1)C(=O)O. The summed E-state index contributed by atoms with van der Waals surface area (Å²) in [6.45, 7) is 1.66. The number of rotatable bonds is 5. The minimum Gasteiger partial charge on any atom is -0.480 e. The third-order valence-corrected chi connectivity index (χ3v) is 3.89. The first-order valence-electron chi connectivity index (χ1n) is 6.28. The number of nitrogens with two attached hydrogens (primary N) is 1. The lowest BCUT2D eigenvalue weighted by atomic mass is 10.1. The average molecular weight is 305 g/mol. The number of aromatic nitrogens is 1. The highest BCUT2D eigenvalue weighted by molar-refractivity contribution is 7.17. The maximum Gasteiger partial charge on any atom is 0.326 e. The van der Waals surface area contributed by atoms with Gasteiger partial charge in [-0.15, -0.1) is 0 Å². The van der Waals surface area contributed by atoms with Gasteiger partial charge in [-0.2, -0.15) is 0 Å². The van der Waals surface area contributed by atoms with Gasteiger partial charge < -0.3 is 16.2 Å². The molecule has 2 aromatic rings. The molecule has 1 atom stereocenters. The molecule has 4 N–H and O–H groups in total. The Morgan fingerprint density at radius 1 is 1.38 bits per heavy atom. The zero-order valence-electron chi connectivity index (χ0n) is 11.4. The predicted octanol–water partition coefficient (Wildman–Crippen LogP) is 1.46. The molecule has 6 nitrogen and oxygen atoms in total. The number of hydrogen-bond donors (Lipinski definition) is 3. The quantitative estimate of drug-likeness (QED) is 0.775. The number of carboxylic acid groups (broad SMARTS) is 1. The van der Waals surface area contributed by atoms with Crippen LogP contribution in [0.25, 0.3) is 0 Å². The largest absolute Gasteiger partial charge is 0.480 e. The number of amides is 1. The van der Waals surface area contributed by atoms with Crippen LogP contribution in [0.15, 0.2) is 30.3 Å². The van der Waals surface area contributed by atoms with E-state index in [0.717, 1.165) is 16.9 Å². The lowest BCUT2D eigenvalue weighted by molar-refractivity contribution is -0.139. The molecule has 0 aliphatic rings. The summed E-state index contributed by atoms with van der Waals surface area (Å²) in [6.07, 6.45) is 0.218. The minimum atomic E-state index is -1.08. The van der Waals surface area contributed by atoms with Crippen molar-refractivity contribution in [1.82, 2.24) is 10.3 Å². The number of benzene rings is 1. The number of aliphatic carboxylic acids is 1. The second-order valence-electron chi connectivity index (χ2n) is 4.52. The van der Waals surface area contributed by atoms with Gasteiger partial charge in [0.2, 0.25) is 0 Å². The number of nitrogen functional groups attached to an aromatic ring is 1. The van der Waals surface area contributed by atoms with Gasteiger partial charge in [0.1, 0.15) is 10.9 Å². The lowest BCUT2D eigenvalue weighted by Crippen LogP contribution is -2.42. The first-order valence-corrected chi connectivity index (χ1v) is 7.09. The molecule has 1 heterocycles. The molecule has 1 amide bonds. The summed E-state index contributed by atoms with van der Waals surface area (Å²) >= 11 is 1.04. The molecular formula is C14H15N3O3S. The number of carbonyl (C=O) groups is 2. The Morgan fingerprint density at radius 3 is 2.57 bits per heavy atom. The van der Waals surface area contributed by atoms with E-state index in [9.17, 15) is 14.7 Å². The average Bonchev–Trinajstić information content (AvgIpc) is 2.78. The molecule has 110 valence electrons. The topological polar surface area (TPSA) is 105 Å². The maximum atomic E-state index is 12.1. The number of thiazole rings is 1. The van der Waals surface area contributed by atoms with Crippen LogP contribution in [0.5, 0.6) is 0 Å². The number of anilines is 1. The number of nitrogens with one attached hydrogen (secondary N) is 1. The van der Waals surface area contributed by atoms with E-state index in [0.29, 0.717) is 10.6 Å². The number of nitrogens with zero attached hydrogens (tertiary/aromatic N) is 1. The van der Waals surface area contributed by atoms with Gasteiger partial charge in [0.05, 0.1) is 5.69 Å². The van der Waals surface area contributed by atoms with Crippen LogP contribution in [-0.4, -0.2) is 28.0 Å². The highest BCUT2D eigenvalue weighted by atomic mass is 32.1. The van der Waals surface area contributed by atoms with Crippen LogP contribution in [0.3, 0.4) is 0 Å². The zero-order valence-corrected chi connectivity index (χ0v) is 12.2. The standard InChI is InChI=1S/C14H15N3O3S/c1-8-11(21-14(15)16-8)12(18)17-10(13(19)20)7-9-5-3-2-4-6-9/h2-6,10H,7H2,1H3,(H2,15,16)(H,17,18)(H,19,20). The van der Waals surface area contributed by atoms with Crippen molar-refractivity contribution in [1.29, 1.82) is 0 Å². The molecule has 21 heavy (non-hydrogen) atoms. The van der Waals surface area contributed by atoms with Crippen molar-refractivity contribution in [3.8, 4) is 0 Å². The van der Waals surface area contributed by atoms with Gasteiger partial charge in [0.25, 0.3) is 5.91 Å². The van der Waals surface area contributed by atoms with Crippen LogP contribution in [0.2, 0.25) is 0 Å². The minimum absolute atomic E-state index is 0.218. The molecule has 0 radical (unpaired) electrons. The van der Waals surface area contributed by atoms with Crippen LogP contribution in [0, 0.1) is 6.92 Å². The molecule has 1 aromatic carbocycles. The van der Waals surface area contributed by atoms with E-state index < -0.39 is 17.9 Å². The summed E-state index contributed by atoms with van der Waals surface area (Å²) in [5.41, 5.74) is 6.88. The van der Waals surface area contributed by atoms with E-state index in [1.807, 2.05) is 30.3 Å². The van der Waals surface area contributed by atoms with Crippen LogP contribution >= 0.6 is 11.3 Å². The maximum absolute atomic E-state index is 12.1. The molecule has 0 saturated heterocycles. The number of carbonyl (C=O) groups excluding carboxylic acids is 1. The molecule has 0 saturated carbocycles. The number of carboxylic acids is 1. The van der Waals surface area contributed by atoms with Crippen molar-refractivity contribution >= 4 is 28.3 Å². The van der Waals surface area contributed by atoms with E-state index in [-0.39, 0.29) is 11.6 Å². The molecule has 2 rings (SSSR count). The Labute approximate surface area is 125 Å². The molecular weight excluding hydrogens is 290 g/mol. The smallest absolute Gasteiger partial charge is 0.326 e. The van der Waals surface area contributed by atoms with Gasteiger partial charge in [0, 0.05) is 6.42 Å². The number of aryl methyl sites for hydroxylation is 1. The Balaban J connectivity index is 2.11. The van der Waals surface area contributed by atoms with Gasteiger partial charge in [-0.05, 0) is 12.5 Å². The molecule has 0 bridgehead atoms. The third-order valence-electron chi connectivity index (χ3n) is 2.91. The monoisotopic (exact) mass is 305 g/mol. The van der Waals surface area contributed by atoms with Crippen molar-refractivity contribution < 1.29 is 14.7 Å². The predicted molar refractivity (Wildman–Crippen MR) is 80.3 cm³/mol. The van der Waals surface area contributed by atoms with Crippen molar-refractivity contribution in [2.75, 3.05) is 5.73 Å². The normalized spacial score (nSPS) is 11.9. The van der Waals surface area contributed by atoms with E-state index in [1.165, 1.54) is 0 Å². The summed E-state index contributed by atoms with van der Waals surface area (Å²) in [5.74, 6) is -1.55. The second-order valence-corrected chi connectivity index (χ2v) is 5.55. The summed E-state index contributed by atoms with van der Waals surface area (Å²) in [7, 11) is 0. The van der Waals surface area contributed by atoms with E-state index in [4.69, 9.17) is 5.73 Å². The van der Waals surface area contributed by atoms with Gasteiger partial charge in [-0.3, -0.25) is 4.79 Å². The number of hydrogen-bond acceptors (Lipinski definition) is 5. The first-order chi connectivity index (χ1) is 9.97. The molecule has 0 aliphatic carbocycles. The summed E-state index contributed by atoms with van der Waals surface area (Å²) in [4.78, 5) is 27.7. The van der Waals surface area contributed by atoms with E-state index >= 15 is 0 Å². The third kappa shape index (κ3) is 3.79. The van der Waals surface area contributed by atoms with Crippen LogP contribution in [-0.2, 0) is 11.2 Å². The Kier molecular flexibility index (Phi) is 4.54. The summed E-state index contributed by atoms with van der Waals surface area (Å²) < 4.78 is 0.